The highest BCUT2D eigenvalue weighted by Gasteiger charge is 2.30. The van der Waals surface area contributed by atoms with Crippen molar-refractivity contribution in [1.29, 1.82) is 0 Å². The van der Waals surface area contributed by atoms with E-state index < -0.39 is 27.6 Å². The summed E-state index contributed by atoms with van der Waals surface area (Å²) in [7, 11) is -2.60. The number of ether oxygens (including phenoxy) is 2. The maximum Gasteiger partial charge on any atom is 0.255 e. The molecule has 0 saturated carbocycles. The summed E-state index contributed by atoms with van der Waals surface area (Å²) in [4.78, 5) is 12.3. The molecule has 0 aromatic heterocycles. The lowest BCUT2D eigenvalue weighted by Crippen LogP contribution is -2.40. The Balaban J connectivity index is 1.92. The third kappa shape index (κ3) is 4.13. The number of nitrogens with zero attached hydrogens (tertiary/aromatic N) is 1. The molecule has 2 aromatic carbocycles. The molecule has 0 spiro atoms. The fourth-order valence-corrected chi connectivity index (χ4v) is 4.32. The summed E-state index contributed by atoms with van der Waals surface area (Å²) < 4.78 is 64.2. The zero-order valence-electron chi connectivity index (χ0n) is 14.9. The van der Waals surface area contributed by atoms with Gasteiger partial charge in [0.25, 0.3) is 5.91 Å². The molecular formula is C18H18F2N2O5S. The van der Waals surface area contributed by atoms with Crippen molar-refractivity contribution >= 4 is 21.6 Å². The lowest BCUT2D eigenvalue weighted by atomic mass is 10.2. The quantitative estimate of drug-likeness (QED) is 0.814. The Kier molecular flexibility index (Phi) is 5.92. The van der Waals surface area contributed by atoms with E-state index in [0.29, 0.717) is 6.07 Å². The average molecular weight is 412 g/mol. The van der Waals surface area contributed by atoms with Gasteiger partial charge in [0.1, 0.15) is 22.3 Å². The van der Waals surface area contributed by atoms with Crippen LogP contribution >= 0.6 is 0 Å². The van der Waals surface area contributed by atoms with Gasteiger partial charge in [-0.05, 0) is 30.3 Å². The Bertz CT molecular complexity index is 991. The summed E-state index contributed by atoms with van der Waals surface area (Å²) in [5, 5.41) is 2.30. The van der Waals surface area contributed by atoms with Gasteiger partial charge in [-0.2, -0.15) is 4.31 Å². The van der Waals surface area contributed by atoms with E-state index in [-0.39, 0.29) is 48.2 Å². The fraction of sp³-hybridized carbons (Fsp3) is 0.278. The first-order chi connectivity index (χ1) is 13.3. The largest absolute Gasteiger partial charge is 0.495 e. The van der Waals surface area contributed by atoms with Crippen LogP contribution < -0.4 is 10.1 Å². The van der Waals surface area contributed by atoms with Crippen molar-refractivity contribution in [3.63, 3.8) is 0 Å². The molecule has 1 heterocycles. The van der Waals surface area contributed by atoms with E-state index in [9.17, 15) is 22.0 Å². The maximum atomic E-state index is 13.8. The van der Waals surface area contributed by atoms with Gasteiger partial charge in [0, 0.05) is 24.7 Å². The van der Waals surface area contributed by atoms with Crippen LogP contribution in [0.5, 0.6) is 5.75 Å². The van der Waals surface area contributed by atoms with Gasteiger partial charge in [0.05, 0.1) is 26.0 Å². The Morgan fingerprint density at radius 1 is 1.14 bits per heavy atom. The molecule has 0 atom stereocenters. The molecule has 1 fully saturated rings. The molecule has 2 aromatic rings. The van der Waals surface area contributed by atoms with E-state index in [0.717, 1.165) is 12.1 Å². The van der Waals surface area contributed by atoms with Crippen LogP contribution in [0.3, 0.4) is 0 Å². The number of hydrogen-bond acceptors (Lipinski definition) is 5. The molecule has 10 heteroatoms. The SMILES string of the molecule is COc1ccc(C(=O)Nc2ccc(F)cc2F)cc1S(=O)(=O)N1CCOCC1. The lowest BCUT2D eigenvalue weighted by molar-refractivity contribution is 0.0729. The third-order valence-corrected chi connectivity index (χ3v) is 6.11. The van der Waals surface area contributed by atoms with Gasteiger partial charge in [-0.15, -0.1) is 0 Å². The van der Waals surface area contributed by atoms with Crippen LogP contribution in [0.1, 0.15) is 10.4 Å². The number of rotatable bonds is 5. The minimum atomic E-state index is -3.92. The zero-order valence-corrected chi connectivity index (χ0v) is 15.8. The van der Waals surface area contributed by atoms with Crippen molar-refractivity contribution in [2.75, 3.05) is 38.7 Å². The van der Waals surface area contributed by atoms with E-state index in [1.165, 1.54) is 29.6 Å². The third-order valence-electron chi connectivity index (χ3n) is 4.19. The van der Waals surface area contributed by atoms with Crippen LogP contribution in [0.4, 0.5) is 14.5 Å². The zero-order chi connectivity index (χ0) is 20.3. The standard InChI is InChI=1S/C18H18F2N2O5S/c1-26-16-5-2-12(18(23)21-15-4-3-13(19)11-14(15)20)10-17(16)28(24,25)22-6-8-27-9-7-22/h2-5,10-11H,6-9H2,1H3,(H,21,23). The van der Waals surface area contributed by atoms with Crippen molar-refractivity contribution in [2.24, 2.45) is 0 Å². The number of nitrogens with one attached hydrogen (secondary N) is 1. The number of morpholine rings is 1. The summed E-state index contributed by atoms with van der Waals surface area (Å²) in [6, 6.07) is 6.59. The molecule has 0 unspecified atom stereocenters. The molecule has 3 rings (SSSR count). The van der Waals surface area contributed by atoms with Crippen LogP contribution in [0.2, 0.25) is 0 Å². The summed E-state index contributed by atoms with van der Waals surface area (Å²) in [6.07, 6.45) is 0. The molecular weight excluding hydrogens is 394 g/mol. The van der Waals surface area contributed by atoms with Gasteiger partial charge in [-0.25, -0.2) is 17.2 Å². The van der Waals surface area contributed by atoms with Crippen LogP contribution in [0.15, 0.2) is 41.3 Å². The molecule has 1 aliphatic rings. The van der Waals surface area contributed by atoms with Crippen molar-refractivity contribution in [1.82, 2.24) is 4.31 Å². The predicted octanol–water partition coefficient (Wildman–Crippen LogP) is 2.25. The molecule has 1 amide bonds. The first kappa shape index (κ1) is 20.2. The first-order valence-corrected chi connectivity index (χ1v) is 9.79. The molecule has 0 radical (unpaired) electrons. The van der Waals surface area contributed by atoms with Crippen LogP contribution in [0, 0.1) is 11.6 Å². The van der Waals surface area contributed by atoms with Gasteiger partial charge in [0.2, 0.25) is 10.0 Å². The van der Waals surface area contributed by atoms with Crippen molar-refractivity contribution in [3.05, 3.63) is 53.6 Å². The highest BCUT2D eigenvalue weighted by Crippen LogP contribution is 2.29. The van der Waals surface area contributed by atoms with Crippen LogP contribution in [-0.2, 0) is 14.8 Å². The van der Waals surface area contributed by atoms with Gasteiger partial charge >= 0.3 is 0 Å². The first-order valence-electron chi connectivity index (χ1n) is 8.35. The molecule has 1 N–H and O–H groups in total. The number of benzene rings is 2. The average Bonchev–Trinajstić information content (AvgIpc) is 2.70. The van der Waals surface area contributed by atoms with E-state index in [1.807, 2.05) is 0 Å². The van der Waals surface area contributed by atoms with Gasteiger partial charge < -0.3 is 14.8 Å². The van der Waals surface area contributed by atoms with Crippen molar-refractivity contribution in [2.45, 2.75) is 4.90 Å². The van der Waals surface area contributed by atoms with Crippen LogP contribution in [0.25, 0.3) is 0 Å². The minimum absolute atomic E-state index is 0.0173. The molecule has 7 nitrogen and oxygen atoms in total. The van der Waals surface area contributed by atoms with Gasteiger partial charge in [-0.3, -0.25) is 4.79 Å². The fourth-order valence-electron chi connectivity index (χ4n) is 2.73. The summed E-state index contributed by atoms with van der Waals surface area (Å²) >= 11 is 0. The molecule has 1 aliphatic heterocycles. The Morgan fingerprint density at radius 2 is 1.86 bits per heavy atom. The number of anilines is 1. The normalized spacial score (nSPS) is 15.2. The molecule has 28 heavy (non-hydrogen) atoms. The second-order valence-corrected chi connectivity index (χ2v) is 7.87. The van der Waals surface area contributed by atoms with Crippen molar-refractivity contribution < 1.29 is 31.5 Å². The Hall–Kier alpha value is -2.56. The number of amides is 1. The summed E-state index contributed by atoms with van der Waals surface area (Å²) in [6.45, 7) is 0.905. The van der Waals surface area contributed by atoms with E-state index in [2.05, 4.69) is 5.32 Å². The molecule has 0 aliphatic carbocycles. The summed E-state index contributed by atoms with van der Waals surface area (Å²) in [5.74, 6) is -2.38. The number of carbonyl (C=O) groups is 1. The van der Waals surface area contributed by atoms with Gasteiger partial charge in [-0.1, -0.05) is 0 Å². The van der Waals surface area contributed by atoms with Crippen molar-refractivity contribution in [3.8, 4) is 5.75 Å². The lowest BCUT2D eigenvalue weighted by Gasteiger charge is -2.26. The van der Waals surface area contributed by atoms with Gasteiger partial charge in [0.15, 0.2) is 0 Å². The smallest absolute Gasteiger partial charge is 0.255 e. The second kappa shape index (κ2) is 8.21. The maximum absolute atomic E-state index is 13.8. The van der Waals surface area contributed by atoms with E-state index >= 15 is 0 Å². The molecule has 0 bridgehead atoms. The monoisotopic (exact) mass is 412 g/mol. The number of methoxy groups -OCH3 is 1. The highest BCUT2D eigenvalue weighted by atomic mass is 32.2. The minimum Gasteiger partial charge on any atom is -0.495 e. The second-order valence-electron chi connectivity index (χ2n) is 5.96. The predicted molar refractivity (Wildman–Crippen MR) is 96.9 cm³/mol. The summed E-state index contributed by atoms with van der Waals surface area (Å²) in [5.41, 5.74) is -0.240. The van der Waals surface area contributed by atoms with Crippen LogP contribution in [-0.4, -0.2) is 52.0 Å². The number of hydrogen-bond donors (Lipinski definition) is 1. The number of halogens is 2. The topological polar surface area (TPSA) is 84.9 Å². The number of carbonyl (C=O) groups excluding carboxylic acids is 1. The Morgan fingerprint density at radius 3 is 2.50 bits per heavy atom. The highest BCUT2D eigenvalue weighted by molar-refractivity contribution is 7.89. The molecule has 1 saturated heterocycles. The van der Waals surface area contributed by atoms with E-state index in [4.69, 9.17) is 9.47 Å². The van der Waals surface area contributed by atoms with E-state index in [1.54, 1.807) is 0 Å². The number of sulfonamides is 1. The molecule has 150 valence electrons. The Labute approximate surface area is 160 Å².